The topological polar surface area (TPSA) is 48.3 Å². The third-order valence-corrected chi connectivity index (χ3v) is 2.21. The van der Waals surface area contributed by atoms with Gasteiger partial charge in [-0.05, 0) is 12.3 Å². The van der Waals surface area contributed by atoms with Gasteiger partial charge in [0.15, 0.2) is 0 Å². The molecule has 1 rings (SSSR count). The smallest absolute Gasteiger partial charge is 0.339 e. The first-order valence-corrected chi connectivity index (χ1v) is 5.36. The van der Waals surface area contributed by atoms with Crippen LogP contribution in [0.5, 0.6) is 0 Å². The number of hydrogen-bond acceptors (Lipinski definition) is 4. The van der Waals surface area contributed by atoms with Crippen molar-refractivity contribution in [3.63, 3.8) is 0 Å². The van der Waals surface area contributed by atoms with Gasteiger partial charge in [0.05, 0.1) is 18.6 Å². The van der Waals surface area contributed by atoms with Crippen LogP contribution in [0.4, 0.5) is 0 Å². The molecule has 0 unspecified atom stereocenters. The normalized spacial score (nSPS) is 9.86. The van der Waals surface area contributed by atoms with Crippen LogP contribution in [0.3, 0.4) is 0 Å². The van der Waals surface area contributed by atoms with E-state index in [1.165, 1.54) is 41.8 Å². The first kappa shape index (κ1) is 10.8. The van der Waals surface area contributed by atoms with Gasteiger partial charge < -0.3 is 9.30 Å². The number of hydrogen-bond donors (Lipinski definition) is 0. The minimum Gasteiger partial charge on any atom is -0.465 e. The molecule has 4 nitrogen and oxygen atoms in total. The molecule has 76 valence electrons. The summed E-state index contributed by atoms with van der Waals surface area (Å²) in [6.45, 7) is 0. The maximum Gasteiger partial charge on any atom is 0.339 e. The summed E-state index contributed by atoms with van der Waals surface area (Å²) in [5.41, 5.74) is 0.271. The third-order valence-electron chi connectivity index (χ3n) is 1.67. The molecule has 0 saturated heterocycles. The van der Waals surface area contributed by atoms with Crippen molar-refractivity contribution < 1.29 is 9.53 Å². The van der Waals surface area contributed by atoms with Crippen molar-refractivity contribution in [1.82, 2.24) is 4.57 Å². The lowest BCUT2D eigenvalue weighted by Crippen LogP contribution is -2.19. The highest BCUT2D eigenvalue weighted by atomic mass is 32.2. The summed E-state index contributed by atoms with van der Waals surface area (Å²) in [5.74, 6) is 0.101. The Labute approximate surface area is 85.9 Å². The predicted molar refractivity (Wildman–Crippen MR) is 55.6 cm³/mol. The Bertz CT molecular complexity index is 386. The molecule has 0 N–H and O–H groups in total. The number of thioether (sulfide) groups is 1. The van der Waals surface area contributed by atoms with E-state index in [1.54, 1.807) is 0 Å². The molecule has 0 bridgehead atoms. The number of pyridine rings is 1. The molecule has 0 aromatic carbocycles. The highest BCUT2D eigenvalue weighted by molar-refractivity contribution is 7.97. The molecular weight excluding hydrogens is 202 g/mol. The van der Waals surface area contributed by atoms with Gasteiger partial charge in [-0.2, -0.15) is 0 Å². The van der Waals surface area contributed by atoms with E-state index < -0.39 is 5.97 Å². The average Bonchev–Trinajstić information content (AvgIpc) is 2.20. The first-order valence-electron chi connectivity index (χ1n) is 3.96. The Morgan fingerprint density at radius 2 is 2.29 bits per heavy atom. The maximum atomic E-state index is 11.3. The fourth-order valence-corrected chi connectivity index (χ4v) is 1.49. The molecule has 1 heterocycles. The molecule has 0 aliphatic carbocycles. The first-order chi connectivity index (χ1) is 6.69. The SMILES string of the molecule is COC(=O)c1ccc(=O)n(CSC)c1. The Balaban J connectivity index is 3.06. The van der Waals surface area contributed by atoms with Gasteiger partial charge in [-0.3, -0.25) is 4.79 Å². The summed E-state index contributed by atoms with van der Waals surface area (Å²) < 4.78 is 6.02. The standard InChI is InChI=1S/C9H11NO3S/c1-13-9(12)7-3-4-8(11)10(5-7)6-14-2/h3-5H,6H2,1-2H3. The monoisotopic (exact) mass is 213 g/mol. The molecular formula is C9H11NO3S. The number of ether oxygens (including phenoxy) is 1. The van der Waals surface area contributed by atoms with Gasteiger partial charge in [0.25, 0.3) is 5.56 Å². The molecule has 0 saturated carbocycles. The van der Waals surface area contributed by atoms with E-state index >= 15 is 0 Å². The van der Waals surface area contributed by atoms with Crippen molar-refractivity contribution in [1.29, 1.82) is 0 Å². The molecule has 14 heavy (non-hydrogen) atoms. The molecule has 0 atom stereocenters. The summed E-state index contributed by atoms with van der Waals surface area (Å²) in [6, 6.07) is 2.83. The van der Waals surface area contributed by atoms with Crippen LogP contribution in [0.15, 0.2) is 23.1 Å². The van der Waals surface area contributed by atoms with E-state index in [-0.39, 0.29) is 5.56 Å². The summed E-state index contributed by atoms with van der Waals surface area (Å²) in [5, 5.41) is 0. The van der Waals surface area contributed by atoms with E-state index in [1.807, 2.05) is 6.26 Å². The zero-order valence-electron chi connectivity index (χ0n) is 8.02. The highest BCUT2D eigenvalue weighted by Gasteiger charge is 2.06. The number of rotatable bonds is 3. The summed E-state index contributed by atoms with van der Waals surface area (Å²) in [4.78, 5) is 22.4. The Hall–Kier alpha value is -1.23. The highest BCUT2D eigenvalue weighted by Crippen LogP contribution is 2.01. The van der Waals surface area contributed by atoms with Crippen LogP contribution >= 0.6 is 11.8 Å². The van der Waals surface area contributed by atoms with E-state index in [2.05, 4.69) is 4.74 Å². The minimum absolute atomic E-state index is 0.119. The molecule has 0 spiro atoms. The van der Waals surface area contributed by atoms with Gasteiger partial charge in [-0.15, -0.1) is 11.8 Å². The van der Waals surface area contributed by atoms with Gasteiger partial charge in [-0.25, -0.2) is 4.79 Å². The van der Waals surface area contributed by atoms with Crippen LogP contribution in [0, 0.1) is 0 Å². The fourth-order valence-electron chi connectivity index (χ4n) is 1.01. The van der Waals surface area contributed by atoms with Crippen molar-refractivity contribution in [3.05, 3.63) is 34.2 Å². The van der Waals surface area contributed by atoms with E-state index in [0.717, 1.165) is 0 Å². The number of methoxy groups -OCH3 is 1. The van der Waals surface area contributed by atoms with E-state index in [9.17, 15) is 9.59 Å². The van der Waals surface area contributed by atoms with Crippen LogP contribution in [0.1, 0.15) is 10.4 Å². The van der Waals surface area contributed by atoms with Crippen LogP contribution in [0.25, 0.3) is 0 Å². The number of carbonyl (C=O) groups excluding carboxylic acids is 1. The molecule has 0 fully saturated rings. The number of esters is 1. The number of carbonyl (C=O) groups is 1. The van der Waals surface area contributed by atoms with Crippen molar-refractivity contribution in [2.75, 3.05) is 13.4 Å². The van der Waals surface area contributed by atoms with E-state index in [0.29, 0.717) is 11.4 Å². The van der Waals surface area contributed by atoms with Gasteiger partial charge >= 0.3 is 5.97 Å². The molecule has 0 amide bonds. The lowest BCUT2D eigenvalue weighted by atomic mass is 10.3. The van der Waals surface area contributed by atoms with Crippen molar-refractivity contribution in [2.24, 2.45) is 0 Å². The molecule has 1 aromatic rings. The van der Waals surface area contributed by atoms with Crippen LogP contribution in [-0.4, -0.2) is 23.9 Å². The molecule has 0 aliphatic rings. The predicted octanol–water partition coefficient (Wildman–Crippen LogP) is 0.955. The van der Waals surface area contributed by atoms with Gasteiger partial charge in [0.2, 0.25) is 0 Å². The Morgan fingerprint density at radius 1 is 1.57 bits per heavy atom. The van der Waals surface area contributed by atoms with Crippen LogP contribution < -0.4 is 5.56 Å². The summed E-state index contributed by atoms with van der Waals surface area (Å²) in [6.07, 6.45) is 3.39. The van der Waals surface area contributed by atoms with Crippen molar-refractivity contribution >= 4 is 17.7 Å². The van der Waals surface area contributed by atoms with Crippen molar-refractivity contribution in [2.45, 2.75) is 5.88 Å². The number of nitrogens with zero attached hydrogens (tertiary/aromatic N) is 1. The second kappa shape index (κ2) is 4.85. The molecule has 0 aliphatic heterocycles. The van der Waals surface area contributed by atoms with Crippen LogP contribution in [-0.2, 0) is 10.6 Å². The summed E-state index contributed by atoms with van der Waals surface area (Å²) in [7, 11) is 1.31. The fraction of sp³-hybridized carbons (Fsp3) is 0.333. The quantitative estimate of drug-likeness (QED) is 0.701. The largest absolute Gasteiger partial charge is 0.465 e. The molecule has 5 heteroatoms. The zero-order valence-corrected chi connectivity index (χ0v) is 8.84. The minimum atomic E-state index is -0.431. The lowest BCUT2D eigenvalue weighted by Gasteiger charge is -2.04. The summed E-state index contributed by atoms with van der Waals surface area (Å²) >= 11 is 1.51. The Kier molecular flexibility index (Phi) is 3.76. The maximum absolute atomic E-state index is 11.3. The van der Waals surface area contributed by atoms with Gasteiger partial charge in [-0.1, -0.05) is 0 Å². The third kappa shape index (κ3) is 2.38. The molecule has 0 radical (unpaired) electrons. The Morgan fingerprint density at radius 3 is 2.86 bits per heavy atom. The zero-order chi connectivity index (χ0) is 10.6. The molecule has 1 aromatic heterocycles. The second-order valence-corrected chi connectivity index (χ2v) is 3.47. The van der Waals surface area contributed by atoms with Crippen molar-refractivity contribution in [3.8, 4) is 0 Å². The van der Waals surface area contributed by atoms with Crippen LogP contribution in [0.2, 0.25) is 0 Å². The van der Waals surface area contributed by atoms with E-state index in [4.69, 9.17) is 0 Å². The van der Waals surface area contributed by atoms with Gasteiger partial charge in [0.1, 0.15) is 0 Å². The lowest BCUT2D eigenvalue weighted by molar-refractivity contribution is 0.0599. The van der Waals surface area contributed by atoms with Gasteiger partial charge in [0, 0.05) is 12.3 Å². The average molecular weight is 213 g/mol. The number of aromatic nitrogens is 1. The second-order valence-electron chi connectivity index (χ2n) is 2.64.